The minimum atomic E-state index is -4.64. The van der Waals surface area contributed by atoms with Gasteiger partial charge in [-0.05, 0) is 43.7 Å². The molecule has 2 aromatic carbocycles. The summed E-state index contributed by atoms with van der Waals surface area (Å²) in [4.78, 5) is 25.3. The topological polar surface area (TPSA) is 82.5 Å². The summed E-state index contributed by atoms with van der Waals surface area (Å²) in [6, 6.07) is 10.6. The number of para-hydroxylation sites is 1. The number of fused-ring (bicyclic) bond motifs is 1. The van der Waals surface area contributed by atoms with Crippen molar-refractivity contribution in [2.75, 3.05) is 13.2 Å². The van der Waals surface area contributed by atoms with E-state index in [1.165, 1.54) is 25.1 Å². The second-order valence-electron chi connectivity index (χ2n) is 7.52. The molecule has 1 amide bonds. The number of amides is 1. The summed E-state index contributed by atoms with van der Waals surface area (Å²) in [6.07, 6.45) is -4.64. The minimum Gasteiger partial charge on any atom is -0.486 e. The second-order valence-corrected chi connectivity index (χ2v) is 7.52. The molecule has 1 unspecified atom stereocenters. The summed E-state index contributed by atoms with van der Waals surface area (Å²) in [5.74, 6) is 0.329. The first-order chi connectivity index (χ1) is 15.6. The van der Waals surface area contributed by atoms with Crippen molar-refractivity contribution in [1.29, 1.82) is 0 Å². The summed E-state index contributed by atoms with van der Waals surface area (Å²) < 4.78 is 52.4. The highest BCUT2D eigenvalue weighted by Gasteiger charge is 2.34. The molecule has 0 spiro atoms. The third kappa shape index (κ3) is 4.55. The first-order valence-electron chi connectivity index (χ1n) is 10.1. The first kappa shape index (κ1) is 22.4. The summed E-state index contributed by atoms with van der Waals surface area (Å²) in [5, 5.41) is 6.65. The number of halogens is 3. The van der Waals surface area contributed by atoms with Crippen molar-refractivity contribution in [1.82, 2.24) is 15.1 Å². The molecule has 0 radical (unpaired) electrons. The Labute approximate surface area is 186 Å². The number of hydrogen-bond acceptors (Lipinski definition) is 5. The average molecular weight is 459 g/mol. The fraction of sp³-hybridized carbons (Fsp3) is 0.261. The Balaban J connectivity index is 1.65. The molecule has 0 aliphatic carbocycles. The van der Waals surface area contributed by atoms with Crippen LogP contribution in [0, 0.1) is 6.92 Å². The third-order valence-corrected chi connectivity index (χ3v) is 5.17. The van der Waals surface area contributed by atoms with Crippen molar-refractivity contribution < 1.29 is 27.4 Å². The first-order valence-corrected chi connectivity index (χ1v) is 10.1. The molecule has 1 aliphatic heterocycles. The molecule has 172 valence electrons. The predicted molar refractivity (Wildman–Crippen MR) is 113 cm³/mol. The molecule has 0 saturated heterocycles. The maximum absolute atomic E-state index is 13.5. The van der Waals surface area contributed by atoms with E-state index in [1.54, 1.807) is 25.1 Å². The minimum absolute atomic E-state index is 0.160. The van der Waals surface area contributed by atoms with E-state index >= 15 is 0 Å². The molecule has 1 atom stereocenters. The molecule has 0 fully saturated rings. The van der Waals surface area contributed by atoms with Crippen LogP contribution in [-0.2, 0) is 6.18 Å². The summed E-state index contributed by atoms with van der Waals surface area (Å²) in [6.45, 7) is 4.00. The largest absolute Gasteiger partial charge is 0.486 e. The number of hydrogen-bond donors (Lipinski definition) is 1. The van der Waals surface area contributed by atoms with E-state index in [0.29, 0.717) is 30.3 Å². The van der Waals surface area contributed by atoms with Crippen LogP contribution in [0.1, 0.15) is 40.3 Å². The van der Waals surface area contributed by atoms with E-state index in [2.05, 4.69) is 10.4 Å². The van der Waals surface area contributed by atoms with Crippen LogP contribution in [0.3, 0.4) is 0 Å². The molecule has 10 heteroatoms. The van der Waals surface area contributed by atoms with Crippen LogP contribution in [0.25, 0.3) is 5.69 Å². The van der Waals surface area contributed by atoms with Crippen molar-refractivity contribution >= 4 is 5.91 Å². The van der Waals surface area contributed by atoms with Crippen LogP contribution in [0.15, 0.2) is 53.3 Å². The number of nitrogens with zero attached hydrogens (tertiary/aromatic N) is 2. The monoisotopic (exact) mass is 459 g/mol. The van der Waals surface area contributed by atoms with Crippen molar-refractivity contribution in [2.45, 2.75) is 26.1 Å². The van der Waals surface area contributed by atoms with Gasteiger partial charge in [-0.1, -0.05) is 18.2 Å². The fourth-order valence-electron chi connectivity index (χ4n) is 3.52. The highest BCUT2D eigenvalue weighted by atomic mass is 19.4. The van der Waals surface area contributed by atoms with Gasteiger partial charge in [0.2, 0.25) is 5.43 Å². The number of aryl methyl sites for hydroxylation is 1. The summed E-state index contributed by atoms with van der Waals surface area (Å²) >= 11 is 0. The van der Waals surface area contributed by atoms with Crippen LogP contribution >= 0.6 is 0 Å². The highest BCUT2D eigenvalue weighted by Crippen LogP contribution is 2.34. The molecule has 3 aromatic rings. The van der Waals surface area contributed by atoms with E-state index in [0.717, 1.165) is 16.8 Å². The van der Waals surface area contributed by atoms with Gasteiger partial charge in [-0.25, -0.2) is 4.68 Å². The molecule has 0 saturated carbocycles. The van der Waals surface area contributed by atoms with Gasteiger partial charge in [-0.15, -0.1) is 0 Å². The average Bonchev–Trinajstić information content (AvgIpc) is 2.78. The number of benzene rings is 2. The van der Waals surface area contributed by atoms with Gasteiger partial charge >= 0.3 is 6.18 Å². The van der Waals surface area contributed by atoms with Crippen LogP contribution in [-0.4, -0.2) is 28.9 Å². The van der Waals surface area contributed by atoms with Gasteiger partial charge in [0.05, 0.1) is 17.3 Å². The number of alkyl halides is 3. The Bertz CT molecular complexity index is 1270. The third-order valence-electron chi connectivity index (χ3n) is 5.17. The lowest BCUT2D eigenvalue weighted by molar-refractivity contribution is -0.137. The zero-order valence-electron chi connectivity index (χ0n) is 17.8. The number of nitrogens with one attached hydrogen (secondary N) is 1. The summed E-state index contributed by atoms with van der Waals surface area (Å²) in [7, 11) is 0. The van der Waals surface area contributed by atoms with Crippen LogP contribution in [0.5, 0.6) is 11.5 Å². The molecular weight excluding hydrogens is 439 g/mol. The van der Waals surface area contributed by atoms with Crippen LogP contribution in [0.2, 0.25) is 0 Å². The van der Waals surface area contributed by atoms with E-state index < -0.39 is 34.8 Å². The number of rotatable bonds is 4. The SMILES string of the molecule is Cc1cc(=O)c(C(=O)NC(C)c2ccc3c(c2)OCCO3)nn1-c1ccccc1C(F)(F)F. The molecule has 1 aromatic heterocycles. The molecule has 1 N–H and O–H groups in total. The smallest absolute Gasteiger partial charge is 0.418 e. The second kappa shape index (κ2) is 8.61. The number of aromatic nitrogens is 2. The molecule has 2 heterocycles. The van der Waals surface area contributed by atoms with Crippen molar-refractivity contribution in [3.63, 3.8) is 0 Å². The summed E-state index contributed by atoms with van der Waals surface area (Å²) in [5.41, 5.74) is -1.56. The van der Waals surface area contributed by atoms with Crippen molar-refractivity contribution in [3.8, 4) is 17.2 Å². The van der Waals surface area contributed by atoms with Gasteiger partial charge in [0, 0.05) is 11.8 Å². The Morgan fingerprint density at radius 2 is 1.79 bits per heavy atom. The predicted octanol–water partition coefficient (Wildman–Crippen LogP) is 3.82. The Morgan fingerprint density at radius 1 is 1.09 bits per heavy atom. The number of carbonyl (C=O) groups excluding carboxylic acids is 1. The van der Waals surface area contributed by atoms with Gasteiger partial charge in [-0.3, -0.25) is 9.59 Å². The van der Waals surface area contributed by atoms with E-state index in [9.17, 15) is 22.8 Å². The van der Waals surface area contributed by atoms with E-state index in [1.807, 2.05) is 0 Å². The highest BCUT2D eigenvalue weighted by molar-refractivity contribution is 5.92. The van der Waals surface area contributed by atoms with Gasteiger partial charge in [-0.2, -0.15) is 18.3 Å². The molecular formula is C23H20F3N3O4. The maximum Gasteiger partial charge on any atom is 0.418 e. The Hall–Kier alpha value is -3.82. The normalized spacial score (nSPS) is 14.0. The van der Waals surface area contributed by atoms with Crippen LogP contribution in [0.4, 0.5) is 13.2 Å². The quantitative estimate of drug-likeness (QED) is 0.642. The molecule has 0 bridgehead atoms. The molecule has 33 heavy (non-hydrogen) atoms. The number of ether oxygens (including phenoxy) is 2. The Morgan fingerprint density at radius 3 is 2.52 bits per heavy atom. The van der Waals surface area contributed by atoms with Crippen molar-refractivity contribution in [2.24, 2.45) is 0 Å². The van der Waals surface area contributed by atoms with E-state index in [-0.39, 0.29) is 11.4 Å². The lowest BCUT2D eigenvalue weighted by Gasteiger charge is -2.21. The zero-order valence-corrected chi connectivity index (χ0v) is 17.8. The standard InChI is InChI=1S/C23H20F3N3O4/c1-13-11-18(30)21(28-29(13)17-6-4-3-5-16(17)23(24,25)26)22(31)27-14(2)15-7-8-19-20(12-15)33-10-9-32-19/h3-8,11-12,14H,9-10H2,1-2H3,(H,27,31). The van der Waals surface area contributed by atoms with Gasteiger partial charge in [0.25, 0.3) is 5.91 Å². The van der Waals surface area contributed by atoms with Gasteiger partial charge < -0.3 is 14.8 Å². The zero-order chi connectivity index (χ0) is 23.8. The van der Waals surface area contributed by atoms with Gasteiger partial charge in [0.15, 0.2) is 17.2 Å². The molecule has 7 nitrogen and oxygen atoms in total. The van der Waals surface area contributed by atoms with Crippen LogP contribution < -0.4 is 20.2 Å². The Kier molecular flexibility index (Phi) is 5.84. The number of carbonyl (C=O) groups is 1. The fourth-order valence-corrected chi connectivity index (χ4v) is 3.52. The van der Waals surface area contributed by atoms with Crippen molar-refractivity contribution in [3.05, 3.63) is 81.3 Å². The maximum atomic E-state index is 13.5. The van der Waals surface area contributed by atoms with Gasteiger partial charge in [0.1, 0.15) is 13.2 Å². The van der Waals surface area contributed by atoms with E-state index in [4.69, 9.17) is 9.47 Å². The lowest BCUT2D eigenvalue weighted by Crippen LogP contribution is -2.33. The lowest BCUT2D eigenvalue weighted by atomic mass is 10.1. The molecule has 1 aliphatic rings. The molecule has 4 rings (SSSR count).